The van der Waals surface area contributed by atoms with Crippen LogP contribution in [0, 0.1) is 47.3 Å². The van der Waals surface area contributed by atoms with E-state index in [-0.39, 0.29) is 80.8 Å². The molecule has 8 nitrogen and oxygen atoms in total. The summed E-state index contributed by atoms with van der Waals surface area (Å²) in [6.45, 7) is 0. The first kappa shape index (κ1) is 22.0. The van der Waals surface area contributed by atoms with Crippen LogP contribution in [0.3, 0.4) is 0 Å². The maximum Gasteiger partial charge on any atom is 0.238 e. The van der Waals surface area contributed by atoms with Gasteiger partial charge in [-0.05, 0) is 72.9 Å². The summed E-state index contributed by atoms with van der Waals surface area (Å²) in [5.41, 5.74) is 1.42. The Bertz CT molecular complexity index is 1610. The highest BCUT2D eigenvalue weighted by atomic mass is 32.2. The number of nitrogens with zero attached hydrogens (tertiary/aromatic N) is 2. The average molecular weight is 539 g/mol. The van der Waals surface area contributed by atoms with Crippen molar-refractivity contribution in [3.05, 3.63) is 60.7 Å². The molecule has 194 valence electrons. The second kappa shape index (κ2) is 6.83. The fourth-order valence-corrected chi connectivity index (χ4v) is 10.3. The fraction of sp³-hybridized carbons (Fsp3) is 0.333. The summed E-state index contributed by atoms with van der Waals surface area (Å²) in [5.74, 6) is -2.11. The topological polar surface area (TPSA) is 109 Å². The van der Waals surface area contributed by atoms with Gasteiger partial charge in [-0.25, -0.2) is 18.2 Å². The van der Waals surface area contributed by atoms with Crippen molar-refractivity contribution in [2.24, 2.45) is 47.3 Å². The van der Waals surface area contributed by atoms with Gasteiger partial charge in [0.1, 0.15) is 0 Å². The first-order chi connectivity index (χ1) is 18.8. The van der Waals surface area contributed by atoms with Crippen LogP contribution in [0.1, 0.15) is 12.8 Å². The molecule has 4 amide bonds. The Morgan fingerprint density at radius 2 is 0.872 bits per heavy atom. The lowest BCUT2D eigenvalue weighted by Crippen LogP contribution is -2.33. The number of hydrogen-bond acceptors (Lipinski definition) is 6. The molecule has 2 saturated carbocycles. The molecule has 0 spiro atoms. The minimum absolute atomic E-state index is 0.0694. The zero-order valence-electron chi connectivity index (χ0n) is 20.6. The second-order valence-corrected chi connectivity index (χ2v) is 13.8. The second-order valence-electron chi connectivity index (χ2n) is 11.9. The number of hydrogen-bond donors (Lipinski definition) is 0. The van der Waals surface area contributed by atoms with Crippen LogP contribution in [0.15, 0.2) is 70.5 Å². The number of carbonyl (C=O) groups excluding carboxylic acids is 4. The summed E-state index contributed by atoms with van der Waals surface area (Å²) in [7, 11) is -3.84. The van der Waals surface area contributed by atoms with Crippen LogP contribution < -0.4 is 9.80 Å². The van der Waals surface area contributed by atoms with E-state index in [1.54, 1.807) is 12.1 Å². The number of rotatable bonds is 2. The standard InChI is InChI=1S/C30H22N2O6S/c33-27-23-13-1-2-14(9-13)24(23)28(34)31(27)17-5-7-21-19(11-17)20-12-18(6-8-22(20)39(21,37)38)32-29(35)25-15-3-4-16(10-15)26(25)30(32)36/h1-8,11-16,23-26H,9-10H2/t13-,14+,15-,16+,23-,24+,25-,26+. The van der Waals surface area contributed by atoms with Crippen molar-refractivity contribution in [2.75, 3.05) is 9.80 Å². The van der Waals surface area contributed by atoms with Crippen LogP contribution in [0.4, 0.5) is 11.4 Å². The number of imide groups is 2. The summed E-state index contributed by atoms with van der Waals surface area (Å²) in [5, 5.41) is 0. The largest absolute Gasteiger partial charge is 0.274 e. The number of allylic oxidation sites excluding steroid dienone is 4. The molecule has 0 N–H and O–H groups in total. The van der Waals surface area contributed by atoms with Crippen LogP contribution in [0.25, 0.3) is 11.1 Å². The van der Waals surface area contributed by atoms with Crippen LogP contribution >= 0.6 is 0 Å². The van der Waals surface area contributed by atoms with Gasteiger partial charge in [0.2, 0.25) is 33.5 Å². The van der Waals surface area contributed by atoms with Crippen molar-refractivity contribution in [2.45, 2.75) is 22.6 Å². The quantitative estimate of drug-likeness (QED) is 0.366. The van der Waals surface area contributed by atoms with Gasteiger partial charge < -0.3 is 0 Å². The van der Waals surface area contributed by atoms with Gasteiger partial charge in [-0.1, -0.05) is 24.3 Å². The SMILES string of the molecule is O=C1[C@@H]2[C@H](C(=O)N1c1ccc3c(c1)-c1cc(N4C(=O)[C@@H]5[C@H](C4=O)[C@@H]4C=C[C@H]5C4)ccc1S3(=O)=O)[C@@H]1C=C[C@H]2C1. The monoisotopic (exact) mass is 538 g/mol. The molecule has 2 saturated heterocycles. The molecule has 9 rings (SSSR count). The highest BCUT2D eigenvalue weighted by molar-refractivity contribution is 7.92. The van der Waals surface area contributed by atoms with E-state index < -0.39 is 9.84 Å². The Labute approximate surface area is 223 Å². The summed E-state index contributed by atoms with van der Waals surface area (Å²) >= 11 is 0. The van der Waals surface area contributed by atoms with E-state index in [2.05, 4.69) is 0 Å². The predicted molar refractivity (Wildman–Crippen MR) is 138 cm³/mol. The van der Waals surface area contributed by atoms with E-state index in [0.717, 1.165) is 12.8 Å². The Balaban J connectivity index is 1.13. The molecule has 3 heterocycles. The molecule has 8 atom stereocenters. The van der Waals surface area contributed by atoms with Crippen molar-refractivity contribution >= 4 is 44.8 Å². The maximum absolute atomic E-state index is 13.4. The summed E-state index contributed by atoms with van der Waals surface area (Å²) in [4.78, 5) is 56.1. The third kappa shape index (κ3) is 2.45. The summed E-state index contributed by atoms with van der Waals surface area (Å²) < 4.78 is 26.8. The van der Waals surface area contributed by atoms with Crippen molar-refractivity contribution in [1.29, 1.82) is 0 Å². The molecule has 39 heavy (non-hydrogen) atoms. The minimum Gasteiger partial charge on any atom is -0.274 e. The van der Waals surface area contributed by atoms with Crippen LogP contribution in [-0.2, 0) is 29.0 Å². The van der Waals surface area contributed by atoms with Crippen molar-refractivity contribution in [3.8, 4) is 11.1 Å². The lowest BCUT2D eigenvalue weighted by molar-refractivity contribution is -0.124. The first-order valence-corrected chi connectivity index (χ1v) is 14.9. The third-order valence-electron chi connectivity index (χ3n) is 10.3. The first-order valence-electron chi connectivity index (χ1n) is 13.4. The van der Waals surface area contributed by atoms with Gasteiger partial charge in [0.15, 0.2) is 0 Å². The lowest BCUT2D eigenvalue weighted by atomic mass is 9.85. The highest BCUT2D eigenvalue weighted by Gasteiger charge is 2.61. The summed E-state index contributed by atoms with van der Waals surface area (Å²) in [6.07, 6.45) is 9.78. The molecule has 7 aliphatic rings. The van der Waals surface area contributed by atoms with E-state index in [0.29, 0.717) is 22.5 Å². The minimum atomic E-state index is -3.84. The summed E-state index contributed by atoms with van der Waals surface area (Å²) in [6, 6.07) is 9.10. The maximum atomic E-state index is 13.4. The van der Waals surface area contributed by atoms with E-state index in [1.807, 2.05) is 24.3 Å². The van der Waals surface area contributed by atoms with Crippen LogP contribution in [0.5, 0.6) is 0 Å². The molecule has 3 aliphatic heterocycles. The molecule has 2 aromatic carbocycles. The van der Waals surface area contributed by atoms with Crippen molar-refractivity contribution in [1.82, 2.24) is 0 Å². The Morgan fingerprint density at radius 3 is 1.21 bits per heavy atom. The normalized spacial score (nSPS) is 37.3. The molecular weight excluding hydrogens is 516 g/mol. The van der Waals surface area contributed by atoms with Gasteiger partial charge in [-0.15, -0.1) is 0 Å². The average Bonchev–Trinajstić information content (AvgIpc) is 3.77. The molecule has 4 fully saturated rings. The van der Waals surface area contributed by atoms with E-state index >= 15 is 0 Å². The van der Waals surface area contributed by atoms with Gasteiger partial charge in [0.25, 0.3) is 0 Å². The van der Waals surface area contributed by atoms with Crippen molar-refractivity contribution in [3.63, 3.8) is 0 Å². The van der Waals surface area contributed by atoms with Gasteiger partial charge in [0.05, 0.1) is 44.8 Å². The highest BCUT2D eigenvalue weighted by Crippen LogP contribution is 2.56. The van der Waals surface area contributed by atoms with E-state index in [9.17, 15) is 27.6 Å². The number of benzene rings is 2. The number of amides is 4. The Kier molecular flexibility index (Phi) is 3.85. The van der Waals surface area contributed by atoms with Gasteiger partial charge in [-0.3, -0.25) is 19.2 Å². The number of carbonyl (C=O) groups is 4. The molecular formula is C30H22N2O6S. The molecule has 9 heteroatoms. The molecule has 0 aromatic heterocycles. The molecule has 2 aromatic rings. The zero-order valence-corrected chi connectivity index (χ0v) is 21.4. The number of fused-ring (bicyclic) bond motifs is 13. The van der Waals surface area contributed by atoms with Crippen LogP contribution in [-0.4, -0.2) is 32.0 Å². The molecule has 0 unspecified atom stereocenters. The zero-order chi connectivity index (χ0) is 26.5. The van der Waals surface area contributed by atoms with E-state index in [1.165, 1.54) is 34.1 Å². The van der Waals surface area contributed by atoms with E-state index in [4.69, 9.17) is 0 Å². The van der Waals surface area contributed by atoms with Gasteiger partial charge >= 0.3 is 0 Å². The smallest absolute Gasteiger partial charge is 0.238 e. The predicted octanol–water partition coefficient (Wildman–Crippen LogP) is 3.12. The Hall–Kier alpha value is -3.85. The third-order valence-corrected chi connectivity index (χ3v) is 12.1. The fourth-order valence-electron chi connectivity index (χ4n) is 8.64. The lowest BCUT2D eigenvalue weighted by Gasteiger charge is -2.19. The molecule has 4 aliphatic carbocycles. The van der Waals surface area contributed by atoms with Gasteiger partial charge in [-0.2, -0.15) is 0 Å². The Morgan fingerprint density at radius 1 is 0.538 bits per heavy atom. The number of sulfone groups is 1. The molecule has 4 bridgehead atoms. The van der Waals surface area contributed by atoms with Crippen molar-refractivity contribution < 1.29 is 27.6 Å². The van der Waals surface area contributed by atoms with Gasteiger partial charge in [0, 0.05) is 11.1 Å². The molecule has 0 radical (unpaired) electrons. The number of anilines is 2. The van der Waals surface area contributed by atoms with Crippen LogP contribution in [0.2, 0.25) is 0 Å².